The van der Waals surface area contributed by atoms with Crippen LogP contribution in [0.4, 0.5) is 0 Å². The molecule has 17 heavy (non-hydrogen) atoms. The van der Waals surface area contributed by atoms with Gasteiger partial charge in [0.15, 0.2) is 7.12 Å². The molecule has 0 spiro atoms. The topological polar surface area (TPSA) is 83.6 Å². The molecule has 92 valence electrons. The molecule has 0 aliphatic carbocycles. The Morgan fingerprint density at radius 2 is 1.88 bits per heavy atom. The normalized spacial score (nSPS) is 8.12. The van der Waals surface area contributed by atoms with Gasteiger partial charge in [-0.25, -0.2) is 12.5 Å². The van der Waals surface area contributed by atoms with Gasteiger partial charge in [0.2, 0.25) is 5.91 Å². The van der Waals surface area contributed by atoms with Crippen molar-refractivity contribution in [1.82, 2.24) is 0 Å². The first-order chi connectivity index (χ1) is 8.02. The van der Waals surface area contributed by atoms with E-state index in [1.165, 1.54) is 18.2 Å². The second-order valence-electron chi connectivity index (χ2n) is 2.47. The number of halogens is 1. The van der Waals surface area contributed by atoms with Crippen molar-refractivity contribution in [2.45, 2.75) is 13.8 Å². The monoisotopic (exact) mass is 273 g/mol. The molecule has 8 heteroatoms. The Kier molecular flexibility index (Phi) is 11.6. The summed E-state index contributed by atoms with van der Waals surface area (Å²) in [6.07, 6.45) is 0. The number of thiol groups is 1. The van der Waals surface area contributed by atoms with Crippen molar-refractivity contribution in [1.29, 1.82) is 0 Å². The van der Waals surface area contributed by atoms with Crippen LogP contribution >= 0.6 is 24.1 Å². The van der Waals surface area contributed by atoms with Gasteiger partial charge in [0.25, 0.3) is 0 Å². The maximum Gasteiger partial charge on any atom is 0.489 e. The lowest BCUT2D eigenvalue weighted by Gasteiger charge is -2.03. The van der Waals surface area contributed by atoms with Gasteiger partial charge >= 0.3 is 7.12 Å². The van der Waals surface area contributed by atoms with E-state index in [4.69, 9.17) is 27.4 Å². The number of benzene rings is 1. The molecule has 0 aromatic heterocycles. The molecule has 1 aromatic rings. The van der Waals surface area contributed by atoms with Crippen molar-refractivity contribution in [3.63, 3.8) is 0 Å². The number of carbonyl (C=O) groups is 1. The summed E-state index contributed by atoms with van der Waals surface area (Å²) in [5.41, 5.74) is 5.24. The molecule has 2 radical (unpaired) electrons. The second-order valence-corrected chi connectivity index (χ2v) is 2.88. The first-order valence-corrected chi connectivity index (χ1v) is 5.63. The number of nitrogens with two attached hydrogens (primary N) is 1. The van der Waals surface area contributed by atoms with E-state index < -0.39 is 13.0 Å². The van der Waals surface area contributed by atoms with Gasteiger partial charge in [0.05, 0.1) is 0 Å². The number of amides is 1. The van der Waals surface area contributed by atoms with Gasteiger partial charge < -0.3 is 15.8 Å². The Labute approximate surface area is 113 Å². The van der Waals surface area contributed by atoms with Crippen LogP contribution in [0.1, 0.15) is 24.2 Å². The van der Waals surface area contributed by atoms with Crippen molar-refractivity contribution >= 4 is 49.7 Å². The fraction of sp³-hybridized carbons (Fsp3) is 0.222. The minimum atomic E-state index is -1.70. The van der Waals surface area contributed by atoms with Gasteiger partial charge in [-0.3, -0.25) is 4.79 Å². The average Bonchev–Trinajstić information content (AvgIpc) is 2.34. The summed E-state index contributed by atoms with van der Waals surface area (Å²) in [6, 6.07) is 4.04. The highest BCUT2D eigenvalue weighted by molar-refractivity contribution is 8.03. The summed E-state index contributed by atoms with van der Waals surface area (Å²) in [5, 5.41) is 17.8. The summed E-state index contributed by atoms with van der Waals surface area (Å²) < 4.78 is 0. The molecule has 0 saturated heterocycles. The van der Waals surface area contributed by atoms with Gasteiger partial charge in [-0.05, 0) is 18.2 Å². The third-order valence-corrected chi connectivity index (χ3v) is 1.90. The van der Waals surface area contributed by atoms with Gasteiger partial charge in [-0.1, -0.05) is 25.4 Å². The third-order valence-electron chi connectivity index (χ3n) is 1.56. The predicted octanol–water partition coefficient (Wildman–Crippen LogP) is 0.145. The minimum Gasteiger partial charge on any atom is -0.423 e. The molecule has 0 heterocycles. The van der Waals surface area contributed by atoms with E-state index in [9.17, 15) is 4.79 Å². The van der Waals surface area contributed by atoms with Gasteiger partial charge in [0, 0.05) is 16.0 Å². The fourth-order valence-electron chi connectivity index (χ4n) is 0.895. The molecular formula is C9H14B2ClNO3S. The van der Waals surface area contributed by atoms with Crippen LogP contribution in [-0.2, 0) is 0 Å². The van der Waals surface area contributed by atoms with Crippen molar-refractivity contribution < 1.29 is 14.8 Å². The van der Waals surface area contributed by atoms with E-state index in [1.54, 1.807) is 0 Å². The lowest BCUT2D eigenvalue weighted by molar-refractivity contribution is 0.100. The van der Waals surface area contributed by atoms with Crippen LogP contribution in [0.25, 0.3) is 0 Å². The minimum absolute atomic E-state index is 0.0676. The first kappa shape index (κ1) is 18.7. The number of hydrogen-bond donors (Lipinski definition) is 4. The van der Waals surface area contributed by atoms with Crippen molar-refractivity contribution in [2.75, 3.05) is 0 Å². The van der Waals surface area contributed by atoms with Crippen LogP contribution in [-0.4, -0.2) is 30.2 Å². The Hall–Kier alpha value is -0.620. The summed E-state index contributed by atoms with van der Waals surface area (Å²) in [6.45, 7) is 4.00. The van der Waals surface area contributed by atoms with Gasteiger partial charge in [0.1, 0.15) is 0 Å². The molecule has 0 atom stereocenters. The average molecular weight is 273 g/mol. The van der Waals surface area contributed by atoms with Crippen molar-refractivity contribution in [3.8, 4) is 0 Å². The highest BCUT2D eigenvalue weighted by Crippen LogP contribution is 2.07. The van der Waals surface area contributed by atoms with Crippen LogP contribution in [0.15, 0.2) is 18.2 Å². The highest BCUT2D eigenvalue weighted by atomic mass is 35.5. The van der Waals surface area contributed by atoms with Gasteiger partial charge in [-0.2, -0.15) is 0 Å². The van der Waals surface area contributed by atoms with Crippen molar-refractivity contribution in [3.05, 3.63) is 28.8 Å². The molecule has 4 nitrogen and oxygen atoms in total. The van der Waals surface area contributed by atoms with Crippen LogP contribution in [0.2, 0.25) is 5.02 Å². The lowest BCUT2D eigenvalue weighted by atomic mass is 9.79. The molecule has 4 N–H and O–H groups in total. The smallest absolute Gasteiger partial charge is 0.423 e. The number of carbonyl (C=O) groups excluding carboxylic acids is 1. The largest absolute Gasteiger partial charge is 0.489 e. The molecule has 0 aliphatic rings. The zero-order valence-electron chi connectivity index (χ0n) is 9.59. The Morgan fingerprint density at radius 3 is 2.24 bits per heavy atom. The SMILES string of the molecule is CC.NC(=O)c1ccc(Cl)c(B(O)O)c1.[B]S. The quantitative estimate of drug-likeness (QED) is 0.457. The molecule has 1 aromatic carbocycles. The molecule has 0 fully saturated rings. The zero-order chi connectivity index (χ0) is 14.0. The predicted molar refractivity (Wildman–Crippen MR) is 75.9 cm³/mol. The third kappa shape index (κ3) is 6.63. The molecule has 0 unspecified atom stereocenters. The van der Waals surface area contributed by atoms with E-state index in [-0.39, 0.29) is 16.0 Å². The molecule has 0 aliphatic heterocycles. The van der Waals surface area contributed by atoms with Crippen LogP contribution in [0.5, 0.6) is 0 Å². The Bertz CT molecular complexity index is 353. The summed E-state index contributed by atoms with van der Waals surface area (Å²) in [4.78, 5) is 10.7. The lowest BCUT2D eigenvalue weighted by Crippen LogP contribution is -2.32. The highest BCUT2D eigenvalue weighted by Gasteiger charge is 2.16. The fourth-order valence-corrected chi connectivity index (χ4v) is 1.11. The van der Waals surface area contributed by atoms with E-state index in [1.807, 2.05) is 13.8 Å². The standard InChI is InChI=1S/C7H7BClNO3.C2H6.BHS/c9-6-2-1-4(7(10)11)3-5(6)8(12)13;2*1-2/h1-3,12-13H,(H2,10,11);1-2H3;2H. The van der Waals surface area contributed by atoms with E-state index in [0.29, 0.717) is 0 Å². The van der Waals surface area contributed by atoms with Gasteiger partial charge in [-0.15, -0.1) is 0 Å². The van der Waals surface area contributed by atoms with Crippen LogP contribution in [0.3, 0.4) is 0 Å². The van der Waals surface area contributed by atoms with Crippen LogP contribution < -0.4 is 11.2 Å². The molecule has 1 amide bonds. The maximum atomic E-state index is 10.7. The van der Waals surface area contributed by atoms with E-state index in [0.717, 1.165) is 0 Å². The molecule has 1 rings (SSSR count). The number of rotatable bonds is 2. The number of hydrogen-bond acceptors (Lipinski definition) is 4. The number of primary amides is 1. The summed E-state index contributed by atoms with van der Waals surface area (Å²) in [7, 11) is 2.49. The maximum absolute atomic E-state index is 10.7. The van der Waals surface area contributed by atoms with Crippen LogP contribution in [0, 0.1) is 0 Å². The molecule has 0 bridgehead atoms. The molecular weight excluding hydrogens is 259 g/mol. The van der Waals surface area contributed by atoms with Crippen molar-refractivity contribution in [2.24, 2.45) is 5.73 Å². The first-order valence-electron chi connectivity index (χ1n) is 4.73. The van der Waals surface area contributed by atoms with E-state index >= 15 is 0 Å². The van der Waals surface area contributed by atoms with E-state index in [2.05, 4.69) is 19.6 Å². The summed E-state index contributed by atoms with van der Waals surface area (Å²) >= 11 is 8.65. The molecule has 0 saturated carbocycles. The second kappa shape index (κ2) is 10.5. The summed E-state index contributed by atoms with van der Waals surface area (Å²) in [5.74, 6) is -0.640. The Balaban J connectivity index is 0. The Morgan fingerprint density at radius 1 is 1.41 bits per heavy atom. The zero-order valence-corrected chi connectivity index (χ0v) is 11.2.